The zero-order valence-electron chi connectivity index (χ0n) is 17.7. The molecule has 9 nitrogen and oxygen atoms in total. The highest BCUT2D eigenvalue weighted by Crippen LogP contribution is 2.28. The van der Waals surface area contributed by atoms with Crippen LogP contribution in [0.2, 0.25) is 0 Å². The minimum Gasteiger partial charge on any atom is -0.493 e. The van der Waals surface area contributed by atoms with Crippen molar-refractivity contribution in [2.45, 2.75) is 39.8 Å². The molecular weight excluding hydrogens is 382 g/mol. The molecule has 3 aromatic rings. The van der Waals surface area contributed by atoms with E-state index >= 15 is 0 Å². The fraction of sp³-hybridized carbons (Fsp3) is 0.429. The highest BCUT2D eigenvalue weighted by atomic mass is 16.5. The Morgan fingerprint density at radius 3 is 2.60 bits per heavy atom. The van der Waals surface area contributed by atoms with Gasteiger partial charge in [-0.2, -0.15) is 0 Å². The van der Waals surface area contributed by atoms with Gasteiger partial charge >= 0.3 is 0 Å². The van der Waals surface area contributed by atoms with Crippen LogP contribution in [0.5, 0.6) is 5.75 Å². The Morgan fingerprint density at radius 2 is 2.00 bits per heavy atom. The van der Waals surface area contributed by atoms with Crippen molar-refractivity contribution in [3.05, 3.63) is 35.9 Å². The Bertz CT molecular complexity index is 1070. The van der Waals surface area contributed by atoms with Gasteiger partial charge in [0.05, 0.1) is 36.0 Å². The second kappa shape index (κ2) is 7.91. The molecule has 0 spiro atoms. The summed E-state index contributed by atoms with van der Waals surface area (Å²) in [5.41, 5.74) is 8.76. The van der Waals surface area contributed by atoms with Gasteiger partial charge < -0.3 is 20.7 Å². The topological polar surface area (TPSA) is 111 Å². The van der Waals surface area contributed by atoms with Crippen molar-refractivity contribution in [3.8, 4) is 17.1 Å². The third kappa shape index (κ3) is 3.68. The summed E-state index contributed by atoms with van der Waals surface area (Å²) in [6.45, 7) is 10.3. The van der Waals surface area contributed by atoms with Gasteiger partial charge in [0.25, 0.3) is 5.91 Å². The maximum absolute atomic E-state index is 11.9. The van der Waals surface area contributed by atoms with Crippen LogP contribution in [0, 0.1) is 6.92 Å². The van der Waals surface area contributed by atoms with Crippen LogP contribution in [-0.4, -0.2) is 57.0 Å². The zero-order chi connectivity index (χ0) is 21.4. The number of aromatic nitrogens is 4. The minimum absolute atomic E-state index is 0.302. The van der Waals surface area contributed by atoms with Crippen molar-refractivity contribution in [1.29, 1.82) is 0 Å². The lowest BCUT2D eigenvalue weighted by molar-refractivity contribution is 0.0996. The van der Waals surface area contributed by atoms with E-state index in [0.717, 1.165) is 30.3 Å². The molecule has 1 aliphatic heterocycles. The van der Waals surface area contributed by atoms with Crippen LogP contribution in [0.15, 0.2) is 24.7 Å². The molecule has 4 rings (SSSR count). The van der Waals surface area contributed by atoms with E-state index in [1.807, 2.05) is 18.2 Å². The van der Waals surface area contributed by atoms with Crippen molar-refractivity contribution in [2.75, 3.05) is 24.6 Å². The second-order valence-electron chi connectivity index (χ2n) is 7.76. The number of hydrogen-bond donors (Lipinski definition) is 2. The monoisotopic (exact) mass is 409 g/mol. The van der Waals surface area contributed by atoms with Crippen molar-refractivity contribution in [3.63, 3.8) is 0 Å². The van der Waals surface area contributed by atoms with Gasteiger partial charge in [0.1, 0.15) is 22.9 Å². The molecule has 0 aliphatic carbocycles. The lowest BCUT2D eigenvalue weighted by Crippen LogP contribution is -2.54. The molecule has 0 unspecified atom stereocenters. The van der Waals surface area contributed by atoms with E-state index in [1.54, 1.807) is 24.7 Å². The number of amides is 1. The Kier molecular flexibility index (Phi) is 5.29. The van der Waals surface area contributed by atoms with E-state index in [-0.39, 0.29) is 0 Å². The molecule has 4 heterocycles. The van der Waals surface area contributed by atoms with Crippen LogP contribution in [0.1, 0.15) is 36.8 Å². The molecule has 2 atom stereocenters. The number of piperazine rings is 1. The summed E-state index contributed by atoms with van der Waals surface area (Å²) in [5.74, 6) is 0.723. The first kappa shape index (κ1) is 20.1. The van der Waals surface area contributed by atoms with Gasteiger partial charge in [0, 0.05) is 37.4 Å². The number of ether oxygens (including phenoxy) is 1. The number of imidazole rings is 1. The molecule has 30 heavy (non-hydrogen) atoms. The molecule has 158 valence electrons. The van der Waals surface area contributed by atoms with Crippen LogP contribution < -0.4 is 20.7 Å². The predicted octanol–water partition coefficient (Wildman–Crippen LogP) is 1.78. The van der Waals surface area contributed by atoms with Gasteiger partial charge in [-0.05, 0) is 27.7 Å². The van der Waals surface area contributed by atoms with Crippen molar-refractivity contribution < 1.29 is 9.53 Å². The third-order valence-electron chi connectivity index (χ3n) is 5.22. The van der Waals surface area contributed by atoms with E-state index in [4.69, 9.17) is 10.5 Å². The third-order valence-corrected chi connectivity index (χ3v) is 5.22. The Balaban J connectivity index is 1.73. The summed E-state index contributed by atoms with van der Waals surface area (Å²) in [6.07, 6.45) is 5.21. The summed E-state index contributed by atoms with van der Waals surface area (Å²) >= 11 is 0. The maximum atomic E-state index is 11.9. The molecule has 0 bridgehead atoms. The van der Waals surface area contributed by atoms with E-state index in [0.29, 0.717) is 41.3 Å². The molecule has 0 saturated carbocycles. The molecule has 0 aromatic carbocycles. The van der Waals surface area contributed by atoms with Gasteiger partial charge in [-0.15, -0.1) is 0 Å². The van der Waals surface area contributed by atoms with Gasteiger partial charge in [-0.1, -0.05) is 0 Å². The number of nitrogens with zero attached hydrogens (tertiary/aromatic N) is 5. The first-order valence-electron chi connectivity index (χ1n) is 10.2. The largest absolute Gasteiger partial charge is 0.493 e. The number of carbonyl (C=O) groups is 1. The molecule has 3 aromatic heterocycles. The molecule has 3 N–H and O–H groups in total. The quantitative estimate of drug-likeness (QED) is 0.661. The SMILES string of the molecule is CCOc1cc2nc(C)c(-c3cnc(N4C[C@@H](C)N[C@@H](C)C4)cn3)n2cc1C(N)=O. The smallest absolute Gasteiger partial charge is 0.253 e. The Morgan fingerprint density at radius 1 is 1.27 bits per heavy atom. The standard InChI is InChI=1S/C21H27N7O2/c1-5-30-17-6-18-26-14(4)20(28(18)11-15(17)21(22)29)16-7-24-19(8-23-16)27-9-12(2)25-13(3)10-27/h6-8,11-13,25H,5,9-10H2,1-4H3,(H2,22,29)/t12-,13+. The number of pyridine rings is 1. The number of carbonyl (C=O) groups excluding carboxylic acids is 1. The van der Waals surface area contributed by atoms with Crippen LogP contribution in [0.4, 0.5) is 5.82 Å². The maximum Gasteiger partial charge on any atom is 0.253 e. The number of primary amides is 1. The summed E-state index contributed by atoms with van der Waals surface area (Å²) in [6, 6.07) is 2.51. The van der Waals surface area contributed by atoms with E-state index in [2.05, 4.69) is 39.0 Å². The second-order valence-corrected chi connectivity index (χ2v) is 7.76. The minimum atomic E-state index is -0.555. The predicted molar refractivity (Wildman–Crippen MR) is 115 cm³/mol. The Labute approximate surface area is 175 Å². The first-order valence-corrected chi connectivity index (χ1v) is 10.2. The van der Waals surface area contributed by atoms with Crippen LogP contribution in [0.3, 0.4) is 0 Å². The lowest BCUT2D eigenvalue weighted by atomic mass is 10.1. The van der Waals surface area contributed by atoms with Crippen molar-refractivity contribution >= 4 is 17.4 Å². The van der Waals surface area contributed by atoms with Gasteiger partial charge in [-0.25, -0.2) is 15.0 Å². The average molecular weight is 409 g/mol. The number of nitrogens with two attached hydrogens (primary N) is 1. The first-order chi connectivity index (χ1) is 14.4. The number of nitrogens with one attached hydrogen (secondary N) is 1. The van der Waals surface area contributed by atoms with Gasteiger partial charge in [0.2, 0.25) is 0 Å². The summed E-state index contributed by atoms with van der Waals surface area (Å²) in [7, 11) is 0. The highest BCUT2D eigenvalue weighted by Gasteiger charge is 2.23. The average Bonchev–Trinajstić information content (AvgIpc) is 3.01. The van der Waals surface area contributed by atoms with E-state index in [9.17, 15) is 4.79 Å². The van der Waals surface area contributed by atoms with E-state index < -0.39 is 5.91 Å². The molecule has 0 radical (unpaired) electrons. The molecule has 1 fully saturated rings. The number of hydrogen-bond acceptors (Lipinski definition) is 7. The zero-order valence-corrected chi connectivity index (χ0v) is 17.7. The van der Waals surface area contributed by atoms with Crippen molar-refractivity contribution in [2.24, 2.45) is 5.73 Å². The molecule has 1 saturated heterocycles. The molecule has 1 amide bonds. The number of anilines is 1. The van der Waals surface area contributed by atoms with Crippen LogP contribution in [0.25, 0.3) is 17.0 Å². The number of fused-ring (bicyclic) bond motifs is 1. The molecule has 1 aliphatic rings. The van der Waals surface area contributed by atoms with E-state index in [1.165, 1.54) is 0 Å². The van der Waals surface area contributed by atoms with Crippen LogP contribution in [-0.2, 0) is 0 Å². The number of rotatable bonds is 5. The molecule has 9 heteroatoms. The lowest BCUT2D eigenvalue weighted by Gasteiger charge is -2.36. The molecular formula is C21H27N7O2. The fourth-order valence-electron chi connectivity index (χ4n) is 4.08. The summed E-state index contributed by atoms with van der Waals surface area (Å²) in [5, 5.41) is 3.52. The van der Waals surface area contributed by atoms with Crippen LogP contribution >= 0.6 is 0 Å². The normalized spacial score (nSPS) is 19.3. The van der Waals surface area contributed by atoms with Gasteiger partial charge in [-0.3, -0.25) is 9.20 Å². The van der Waals surface area contributed by atoms with Crippen molar-refractivity contribution in [1.82, 2.24) is 24.7 Å². The fourth-order valence-corrected chi connectivity index (χ4v) is 4.08. The summed E-state index contributed by atoms with van der Waals surface area (Å²) in [4.78, 5) is 28.1. The summed E-state index contributed by atoms with van der Waals surface area (Å²) < 4.78 is 7.38. The number of aryl methyl sites for hydroxylation is 1. The van der Waals surface area contributed by atoms with Gasteiger partial charge in [0.15, 0.2) is 0 Å². The highest BCUT2D eigenvalue weighted by molar-refractivity contribution is 5.96. The Hall–Kier alpha value is -3.20.